The van der Waals surface area contributed by atoms with Gasteiger partial charge in [-0.1, -0.05) is 48.5 Å². The first-order chi connectivity index (χ1) is 14.2. The lowest BCUT2D eigenvalue weighted by Gasteiger charge is -2.34. The predicted molar refractivity (Wildman–Crippen MR) is 114 cm³/mol. The Balaban J connectivity index is 1.68. The molecule has 1 unspecified atom stereocenters. The summed E-state index contributed by atoms with van der Waals surface area (Å²) in [5, 5.41) is 9.87. The highest BCUT2D eigenvalue weighted by Gasteiger charge is 2.33. The molecule has 0 saturated carbocycles. The number of carbonyl (C=O) groups is 1. The monoisotopic (exact) mass is 406 g/mol. The number of rotatable bonds is 5. The average Bonchev–Trinajstić information content (AvgIpc) is 2.77. The van der Waals surface area contributed by atoms with E-state index in [1.54, 1.807) is 12.1 Å². The first-order valence-corrected chi connectivity index (χ1v) is 10.4. The Morgan fingerprint density at radius 1 is 1.07 bits per heavy atom. The Morgan fingerprint density at radius 3 is 2.55 bits per heavy atom. The number of methoxy groups -OCH3 is 1. The maximum absolute atomic E-state index is 11.4. The molecule has 1 N–H and O–H groups in total. The fourth-order valence-corrected chi connectivity index (χ4v) is 4.50. The van der Waals surface area contributed by atoms with Gasteiger partial charge in [0.2, 0.25) is 0 Å². The highest BCUT2D eigenvalue weighted by atomic mass is 32.2. The fraction of sp³-hybridized carbons (Fsp3) is 0.208. The van der Waals surface area contributed by atoms with Crippen LogP contribution in [-0.4, -0.2) is 30.5 Å². The van der Waals surface area contributed by atoms with E-state index in [1.165, 1.54) is 30.0 Å². The molecule has 1 aliphatic heterocycles. The van der Waals surface area contributed by atoms with E-state index in [0.717, 1.165) is 16.2 Å². The van der Waals surface area contributed by atoms with Gasteiger partial charge in [0.05, 0.1) is 19.5 Å². The summed E-state index contributed by atoms with van der Waals surface area (Å²) in [7, 11) is 1.40. The van der Waals surface area contributed by atoms with Crippen LogP contribution in [0.25, 0.3) is 0 Å². The Labute approximate surface area is 174 Å². The van der Waals surface area contributed by atoms with Gasteiger partial charge in [0, 0.05) is 28.4 Å². The zero-order chi connectivity index (χ0) is 20.2. The molecule has 0 bridgehead atoms. The van der Waals surface area contributed by atoms with E-state index < -0.39 is 0 Å². The van der Waals surface area contributed by atoms with Crippen molar-refractivity contribution in [2.45, 2.75) is 16.7 Å². The number of aromatic hydroxyl groups is 1. The molecule has 3 aromatic rings. The van der Waals surface area contributed by atoms with E-state index in [2.05, 4.69) is 24.3 Å². The molecule has 1 heterocycles. The molecule has 0 spiro atoms. The summed E-state index contributed by atoms with van der Waals surface area (Å²) in [5.74, 6) is 1.27. The number of phenolic OH excluding ortho intramolecular Hbond substituents is 1. The minimum atomic E-state index is -0.235. The van der Waals surface area contributed by atoms with Gasteiger partial charge in [-0.2, -0.15) is 0 Å². The number of hydrogen-bond acceptors (Lipinski definition) is 5. The van der Waals surface area contributed by atoms with Crippen molar-refractivity contribution < 1.29 is 19.4 Å². The second-order valence-electron chi connectivity index (χ2n) is 6.96. The first kappa shape index (κ1) is 19.4. The SMILES string of the molecule is COC(=O)CSc1ccc(C2c3ccc(O)cc3OC[C@@H]2c2ccccc2)cc1. The lowest BCUT2D eigenvalue weighted by Crippen LogP contribution is -2.25. The third kappa shape index (κ3) is 4.25. The minimum Gasteiger partial charge on any atom is -0.508 e. The van der Waals surface area contributed by atoms with Crippen LogP contribution in [0.5, 0.6) is 11.5 Å². The topological polar surface area (TPSA) is 55.8 Å². The average molecular weight is 407 g/mol. The second-order valence-corrected chi connectivity index (χ2v) is 8.01. The summed E-state index contributed by atoms with van der Waals surface area (Å²) < 4.78 is 10.7. The molecule has 2 atom stereocenters. The van der Waals surface area contributed by atoms with Crippen molar-refractivity contribution in [3.05, 3.63) is 89.5 Å². The molecule has 0 aromatic heterocycles. The van der Waals surface area contributed by atoms with Crippen LogP contribution in [0.2, 0.25) is 0 Å². The number of ether oxygens (including phenoxy) is 2. The van der Waals surface area contributed by atoms with E-state index in [1.807, 2.05) is 36.4 Å². The van der Waals surface area contributed by atoms with Crippen molar-refractivity contribution in [1.29, 1.82) is 0 Å². The van der Waals surface area contributed by atoms with Crippen LogP contribution < -0.4 is 4.74 Å². The lowest BCUT2D eigenvalue weighted by atomic mass is 9.76. The number of benzene rings is 3. The molecule has 0 radical (unpaired) electrons. The molecule has 148 valence electrons. The molecule has 0 amide bonds. The molecule has 5 heteroatoms. The van der Waals surface area contributed by atoms with Crippen LogP contribution in [0.1, 0.15) is 28.5 Å². The van der Waals surface area contributed by atoms with Gasteiger partial charge in [-0.05, 0) is 29.3 Å². The van der Waals surface area contributed by atoms with Crippen LogP contribution in [0.4, 0.5) is 0 Å². The normalized spacial score (nSPS) is 17.8. The second kappa shape index (κ2) is 8.62. The van der Waals surface area contributed by atoms with Gasteiger partial charge in [-0.15, -0.1) is 11.8 Å². The molecule has 4 nitrogen and oxygen atoms in total. The molecule has 3 aromatic carbocycles. The third-order valence-electron chi connectivity index (χ3n) is 5.20. The largest absolute Gasteiger partial charge is 0.508 e. The van der Waals surface area contributed by atoms with Crippen molar-refractivity contribution in [3.8, 4) is 11.5 Å². The van der Waals surface area contributed by atoms with Gasteiger partial charge in [-0.25, -0.2) is 0 Å². The van der Waals surface area contributed by atoms with Crippen molar-refractivity contribution in [2.75, 3.05) is 19.5 Å². The van der Waals surface area contributed by atoms with Crippen LogP contribution >= 0.6 is 11.8 Å². The number of esters is 1. The smallest absolute Gasteiger partial charge is 0.315 e. The number of thioether (sulfide) groups is 1. The van der Waals surface area contributed by atoms with Gasteiger partial charge >= 0.3 is 5.97 Å². The predicted octanol–water partition coefficient (Wildman–Crippen LogP) is 4.97. The zero-order valence-corrected chi connectivity index (χ0v) is 16.9. The Morgan fingerprint density at radius 2 is 1.83 bits per heavy atom. The van der Waals surface area contributed by atoms with Crippen LogP contribution in [0.15, 0.2) is 77.7 Å². The van der Waals surface area contributed by atoms with Crippen LogP contribution in [-0.2, 0) is 9.53 Å². The number of phenols is 1. The van der Waals surface area contributed by atoms with Crippen molar-refractivity contribution in [1.82, 2.24) is 0 Å². The molecule has 29 heavy (non-hydrogen) atoms. The molecule has 0 aliphatic carbocycles. The van der Waals surface area contributed by atoms with Gasteiger partial charge in [-0.3, -0.25) is 4.79 Å². The van der Waals surface area contributed by atoms with E-state index in [4.69, 9.17) is 9.47 Å². The van der Waals surface area contributed by atoms with Gasteiger partial charge in [0.25, 0.3) is 0 Å². The third-order valence-corrected chi connectivity index (χ3v) is 6.19. The van der Waals surface area contributed by atoms with E-state index in [-0.39, 0.29) is 23.6 Å². The Kier molecular flexibility index (Phi) is 5.76. The summed E-state index contributed by atoms with van der Waals surface area (Å²) in [5.41, 5.74) is 3.47. The van der Waals surface area contributed by atoms with E-state index in [0.29, 0.717) is 12.4 Å². The zero-order valence-electron chi connectivity index (χ0n) is 16.1. The van der Waals surface area contributed by atoms with Gasteiger partial charge in [0.1, 0.15) is 11.5 Å². The maximum Gasteiger partial charge on any atom is 0.315 e. The van der Waals surface area contributed by atoms with E-state index in [9.17, 15) is 9.90 Å². The summed E-state index contributed by atoms with van der Waals surface area (Å²) in [6.07, 6.45) is 0. The number of fused-ring (bicyclic) bond motifs is 1. The summed E-state index contributed by atoms with van der Waals surface area (Å²) in [6, 6.07) is 24.0. The van der Waals surface area contributed by atoms with Crippen molar-refractivity contribution in [2.24, 2.45) is 0 Å². The van der Waals surface area contributed by atoms with E-state index >= 15 is 0 Å². The quantitative estimate of drug-likeness (QED) is 0.479. The minimum absolute atomic E-state index is 0.112. The fourth-order valence-electron chi connectivity index (χ4n) is 3.77. The first-order valence-electron chi connectivity index (χ1n) is 9.46. The summed E-state index contributed by atoms with van der Waals surface area (Å²) >= 11 is 1.46. The molecule has 1 aliphatic rings. The lowest BCUT2D eigenvalue weighted by molar-refractivity contribution is -0.137. The highest BCUT2D eigenvalue weighted by Crippen LogP contribution is 2.47. The number of hydrogen-bond donors (Lipinski definition) is 1. The van der Waals surface area contributed by atoms with Crippen LogP contribution in [0, 0.1) is 0 Å². The molecular weight excluding hydrogens is 384 g/mol. The Bertz CT molecular complexity index is 986. The summed E-state index contributed by atoms with van der Waals surface area (Å²) in [4.78, 5) is 12.4. The Hall–Kier alpha value is -2.92. The highest BCUT2D eigenvalue weighted by molar-refractivity contribution is 8.00. The standard InChI is InChI=1S/C24H22O4S/c1-27-23(26)15-29-19-10-7-17(8-11-19)24-20-12-9-18(25)13-22(20)28-14-21(24)16-5-3-2-4-6-16/h2-13,21,24-25H,14-15H2,1H3/t21-,24?/m1/s1. The molecular formula is C24H22O4S. The molecule has 0 saturated heterocycles. The number of carbonyl (C=O) groups excluding carboxylic acids is 1. The van der Waals surface area contributed by atoms with Crippen molar-refractivity contribution >= 4 is 17.7 Å². The summed E-state index contributed by atoms with van der Waals surface area (Å²) in [6.45, 7) is 0.546. The molecule has 0 fully saturated rings. The van der Waals surface area contributed by atoms with Gasteiger partial charge in [0.15, 0.2) is 0 Å². The maximum atomic E-state index is 11.4. The van der Waals surface area contributed by atoms with Crippen LogP contribution in [0.3, 0.4) is 0 Å². The van der Waals surface area contributed by atoms with Crippen molar-refractivity contribution in [3.63, 3.8) is 0 Å². The molecule has 4 rings (SSSR count). The van der Waals surface area contributed by atoms with Gasteiger partial charge < -0.3 is 14.6 Å².